The van der Waals surface area contributed by atoms with Gasteiger partial charge in [0, 0.05) is 12.7 Å². The quantitative estimate of drug-likeness (QED) is 0.654. The summed E-state index contributed by atoms with van der Waals surface area (Å²) in [5, 5.41) is 11.3. The predicted octanol–water partition coefficient (Wildman–Crippen LogP) is 3.75. The summed E-state index contributed by atoms with van der Waals surface area (Å²) in [7, 11) is 3.44. The number of thioether (sulfide) groups is 1. The molecule has 6 nitrogen and oxygen atoms in total. The van der Waals surface area contributed by atoms with E-state index in [1.54, 1.807) is 26.2 Å². The van der Waals surface area contributed by atoms with Crippen LogP contribution in [0.25, 0.3) is 11.4 Å². The fourth-order valence-electron chi connectivity index (χ4n) is 2.50. The molecule has 140 valence electrons. The topological polar surface area (TPSA) is 69.0 Å². The number of nitrogens with one attached hydrogen (secondary N) is 1. The smallest absolute Gasteiger partial charge is 0.237 e. The molecule has 3 rings (SSSR count). The Labute approximate surface area is 160 Å². The number of carbonyl (C=O) groups is 1. The largest absolute Gasteiger partial charge is 0.496 e. The van der Waals surface area contributed by atoms with E-state index in [-0.39, 0.29) is 5.91 Å². The van der Waals surface area contributed by atoms with Gasteiger partial charge in [-0.1, -0.05) is 30.0 Å². The molecule has 0 radical (unpaired) electrons. The van der Waals surface area contributed by atoms with E-state index in [0.717, 1.165) is 5.56 Å². The Balaban J connectivity index is 1.74. The van der Waals surface area contributed by atoms with Crippen LogP contribution < -0.4 is 10.1 Å². The summed E-state index contributed by atoms with van der Waals surface area (Å²) in [6.07, 6.45) is 0. The van der Waals surface area contributed by atoms with Gasteiger partial charge in [-0.25, -0.2) is 4.39 Å². The van der Waals surface area contributed by atoms with Crippen molar-refractivity contribution >= 4 is 23.4 Å². The molecule has 1 aromatic heterocycles. The van der Waals surface area contributed by atoms with E-state index < -0.39 is 11.1 Å². The lowest BCUT2D eigenvalue weighted by molar-refractivity contribution is -0.115. The molecule has 0 aliphatic heterocycles. The van der Waals surface area contributed by atoms with Gasteiger partial charge in [0.05, 0.1) is 17.9 Å². The van der Waals surface area contributed by atoms with Gasteiger partial charge < -0.3 is 14.6 Å². The number of amides is 1. The van der Waals surface area contributed by atoms with Crippen LogP contribution in [0.1, 0.15) is 6.92 Å². The molecule has 1 atom stereocenters. The number of halogens is 1. The summed E-state index contributed by atoms with van der Waals surface area (Å²) in [5.41, 5.74) is 1.24. The second-order valence-electron chi connectivity index (χ2n) is 5.83. The van der Waals surface area contributed by atoms with Crippen molar-refractivity contribution in [2.75, 3.05) is 12.4 Å². The predicted molar refractivity (Wildman–Crippen MR) is 103 cm³/mol. The summed E-state index contributed by atoms with van der Waals surface area (Å²) in [4.78, 5) is 12.4. The van der Waals surface area contributed by atoms with Gasteiger partial charge in [0.25, 0.3) is 0 Å². The Morgan fingerprint density at radius 3 is 2.74 bits per heavy atom. The van der Waals surface area contributed by atoms with Crippen LogP contribution in [0.4, 0.5) is 10.1 Å². The van der Waals surface area contributed by atoms with Crippen LogP contribution in [0, 0.1) is 5.82 Å². The van der Waals surface area contributed by atoms with Crippen LogP contribution in [0.15, 0.2) is 53.7 Å². The van der Waals surface area contributed by atoms with Crippen LogP contribution >= 0.6 is 11.8 Å². The number of rotatable bonds is 6. The standard InChI is InChI=1S/C19H19FN4O2S/c1-12(18(25)21-14-8-6-7-13(20)11-14)27-19-23-22-17(24(19)2)15-9-4-5-10-16(15)26-3/h4-12H,1-3H3,(H,21,25)/t12-/m1/s1. The lowest BCUT2D eigenvalue weighted by atomic mass is 10.2. The van der Waals surface area contributed by atoms with E-state index in [4.69, 9.17) is 4.74 Å². The molecular formula is C19H19FN4O2S. The highest BCUT2D eigenvalue weighted by molar-refractivity contribution is 8.00. The van der Waals surface area contributed by atoms with Gasteiger partial charge >= 0.3 is 0 Å². The number of ether oxygens (including phenoxy) is 1. The van der Waals surface area contributed by atoms with Gasteiger partial charge in [0.1, 0.15) is 11.6 Å². The van der Waals surface area contributed by atoms with Gasteiger partial charge in [-0.15, -0.1) is 10.2 Å². The molecule has 0 aliphatic carbocycles. The number of hydrogen-bond donors (Lipinski definition) is 1. The maximum absolute atomic E-state index is 13.3. The second kappa shape index (κ2) is 8.22. The molecular weight excluding hydrogens is 367 g/mol. The summed E-state index contributed by atoms with van der Waals surface area (Å²) < 4.78 is 20.4. The van der Waals surface area contributed by atoms with Gasteiger partial charge in [-0.05, 0) is 37.3 Å². The number of aromatic nitrogens is 3. The second-order valence-corrected chi connectivity index (χ2v) is 7.13. The van der Waals surface area contributed by atoms with Crippen molar-refractivity contribution in [3.63, 3.8) is 0 Å². The molecule has 0 fully saturated rings. The number of para-hydroxylation sites is 1. The molecule has 1 heterocycles. The van der Waals surface area contributed by atoms with Gasteiger partial charge in [-0.3, -0.25) is 4.79 Å². The zero-order chi connectivity index (χ0) is 19.4. The van der Waals surface area contributed by atoms with E-state index in [2.05, 4.69) is 15.5 Å². The van der Waals surface area contributed by atoms with Gasteiger partial charge in [0.15, 0.2) is 11.0 Å². The van der Waals surface area contributed by atoms with Crippen molar-refractivity contribution in [2.45, 2.75) is 17.3 Å². The van der Waals surface area contributed by atoms with Crippen molar-refractivity contribution in [1.29, 1.82) is 0 Å². The Hall–Kier alpha value is -2.87. The molecule has 8 heteroatoms. The minimum atomic E-state index is -0.443. The number of hydrogen-bond acceptors (Lipinski definition) is 5. The number of nitrogens with zero attached hydrogens (tertiary/aromatic N) is 3. The summed E-state index contributed by atoms with van der Waals surface area (Å²) in [6.45, 7) is 1.76. The van der Waals surface area contributed by atoms with E-state index in [1.165, 1.54) is 23.9 Å². The Morgan fingerprint density at radius 2 is 2.00 bits per heavy atom. The third-order valence-electron chi connectivity index (χ3n) is 3.93. The van der Waals surface area contributed by atoms with Crippen LogP contribution in [0.5, 0.6) is 5.75 Å². The van der Waals surface area contributed by atoms with Crippen molar-refractivity contribution < 1.29 is 13.9 Å². The zero-order valence-corrected chi connectivity index (χ0v) is 16.0. The first kappa shape index (κ1) is 18.9. The minimum absolute atomic E-state index is 0.243. The van der Waals surface area contributed by atoms with Gasteiger partial charge in [0.2, 0.25) is 5.91 Å². The van der Waals surface area contributed by atoms with E-state index in [0.29, 0.717) is 22.4 Å². The highest BCUT2D eigenvalue weighted by atomic mass is 32.2. The summed E-state index contributed by atoms with van der Waals surface area (Å²) >= 11 is 1.27. The van der Waals surface area contributed by atoms with E-state index in [9.17, 15) is 9.18 Å². The fraction of sp³-hybridized carbons (Fsp3) is 0.211. The first-order valence-corrected chi connectivity index (χ1v) is 9.13. The Morgan fingerprint density at radius 1 is 1.22 bits per heavy atom. The number of carbonyl (C=O) groups excluding carboxylic acids is 1. The first-order chi connectivity index (χ1) is 13.0. The maximum Gasteiger partial charge on any atom is 0.237 e. The first-order valence-electron chi connectivity index (χ1n) is 8.25. The molecule has 1 N–H and O–H groups in total. The van der Waals surface area contributed by atoms with Crippen LogP contribution in [0.3, 0.4) is 0 Å². The normalized spacial score (nSPS) is 11.9. The highest BCUT2D eigenvalue weighted by Crippen LogP contribution is 2.31. The highest BCUT2D eigenvalue weighted by Gasteiger charge is 2.20. The molecule has 27 heavy (non-hydrogen) atoms. The molecule has 0 aliphatic rings. The van der Waals surface area contributed by atoms with Crippen molar-refractivity contribution in [3.05, 3.63) is 54.3 Å². The van der Waals surface area contributed by atoms with Crippen LogP contribution in [0.2, 0.25) is 0 Å². The molecule has 0 spiro atoms. The van der Waals surface area contributed by atoms with Gasteiger partial charge in [-0.2, -0.15) is 0 Å². The number of benzene rings is 2. The Kier molecular flexibility index (Phi) is 5.75. The maximum atomic E-state index is 13.3. The monoisotopic (exact) mass is 386 g/mol. The average molecular weight is 386 g/mol. The van der Waals surface area contributed by atoms with E-state index in [1.807, 2.05) is 35.9 Å². The van der Waals surface area contributed by atoms with Crippen molar-refractivity contribution in [1.82, 2.24) is 14.8 Å². The third-order valence-corrected chi connectivity index (χ3v) is 5.06. The molecule has 0 saturated heterocycles. The minimum Gasteiger partial charge on any atom is -0.496 e. The number of methoxy groups -OCH3 is 1. The molecule has 1 amide bonds. The SMILES string of the molecule is COc1ccccc1-c1nnc(S[C@H](C)C(=O)Nc2cccc(F)c2)n1C. The summed E-state index contributed by atoms with van der Waals surface area (Å²) in [5.74, 6) is 0.699. The lowest BCUT2D eigenvalue weighted by Gasteiger charge is -2.12. The van der Waals surface area contributed by atoms with Crippen LogP contribution in [-0.4, -0.2) is 33.0 Å². The summed E-state index contributed by atoms with van der Waals surface area (Å²) in [6, 6.07) is 13.3. The molecule has 0 bridgehead atoms. The molecule has 3 aromatic rings. The average Bonchev–Trinajstić information content (AvgIpc) is 3.02. The van der Waals surface area contributed by atoms with Crippen LogP contribution in [-0.2, 0) is 11.8 Å². The van der Waals surface area contributed by atoms with Crippen molar-refractivity contribution in [3.8, 4) is 17.1 Å². The lowest BCUT2D eigenvalue weighted by Crippen LogP contribution is -2.22. The third kappa shape index (κ3) is 4.28. The molecule has 2 aromatic carbocycles. The van der Waals surface area contributed by atoms with Crippen molar-refractivity contribution in [2.24, 2.45) is 7.05 Å². The molecule has 0 unspecified atom stereocenters. The Bertz CT molecular complexity index is 960. The van der Waals surface area contributed by atoms with E-state index >= 15 is 0 Å². The zero-order valence-electron chi connectivity index (χ0n) is 15.1. The fourth-order valence-corrected chi connectivity index (χ4v) is 3.32. The molecule has 0 saturated carbocycles. The number of anilines is 1.